The van der Waals surface area contributed by atoms with Gasteiger partial charge in [0.25, 0.3) is 0 Å². The minimum absolute atomic E-state index is 0.0637. The van der Waals surface area contributed by atoms with Crippen LogP contribution < -0.4 is 5.32 Å². The predicted molar refractivity (Wildman–Crippen MR) is 72.8 cm³/mol. The van der Waals surface area contributed by atoms with Gasteiger partial charge in [-0.2, -0.15) is 0 Å². The van der Waals surface area contributed by atoms with E-state index >= 15 is 0 Å². The van der Waals surface area contributed by atoms with Gasteiger partial charge in [-0.15, -0.1) is 0 Å². The first-order valence-corrected chi connectivity index (χ1v) is 8.69. The van der Waals surface area contributed by atoms with E-state index in [1.807, 2.05) is 6.92 Å². The molecule has 0 bridgehead atoms. The Morgan fingerprint density at radius 2 is 1.85 bits per heavy atom. The monoisotopic (exact) mass is 303 g/mol. The minimum Gasteiger partial charge on any atom is -0.481 e. The third kappa shape index (κ3) is 3.13. The zero-order valence-corrected chi connectivity index (χ0v) is 12.6. The van der Waals surface area contributed by atoms with Crippen LogP contribution in [0.4, 0.5) is 0 Å². The molecule has 0 aromatic rings. The van der Waals surface area contributed by atoms with E-state index in [0.29, 0.717) is 19.3 Å². The SMILES string of the molecule is CC1CC(C(=O)O)C(C(=O)NC2(C)CCS(=O)(=O)C2)C1. The highest BCUT2D eigenvalue weighted by Crippen LogP contribution is 2.37. The molecule has 1 aliphatic carbocycles. The molecule has 0 aromatic carbocycles. The van der Waals surface area contributed by atoms with Gasteiger partial charge in [-0.3, -0.25) is 9.59 Å². The predicted octanol–water partition coefficient (Wildman–Crippen LogP) is 0.427. The van der Waals surface area contributed by atoms with Crippen LogP contribution in [0.2, 0.25) is 0 Å². The molecule has 1 saturated heterocycles. The molecule has 2 N–H and O–H groups in total. The van der Waals surface area contributed by atoms with Crippen molar-refractivity contribution in [2.24, 2.45) is 17.8 Å². The van der Waals surface area contributed by atoms with Crippen molar-refractivity contribution in [3.8, 4) is 0 Å². The number of hydrogen-bond acceptors (Lipinski definition) is 4. The van der Waals surface area contributed by atoms with Crippen molar-refractivity contribution in [2.75, 3.05) is 11.5 Å². The molecule has 1 heterocycles. The standard InChI is InChI=1S/C13H21NO5S/c1-8-5-9(10(6-8)12(16)17)11(15)14-13(2)3-4-20(18,19)7-13/h8-10H,3-7H2,1-2H3,(H,14,15)(H,16,17). The maximum absolute atomic E-state index is 12.3. The van der Waals surface area contributed by atoms with E-state index < -0.39 is 33.2 Å². The lowest BCUT2D eigenvalue weighted by Crippen LogP contribution is -2.50. The number of carboxylic acid groups (broad SMARTS) is 1. The summed E-state index contributed by atoms with van der Waals surface area (Å²) in [6.07, 6.45) is 1.44. The molecule has 2 fully saturated rings. The van der Waals surface area contributed by atoms with Gasteiger partial charge < -0.3 is 10.4 Å². The summed E-state index contributed by atoms with van der Waals surface area (Å²) in [5, 5.41) is 12.0. The van der Waals surface area contributed by atoms with Crippen LogP contribution in [0.3, 0.4) is 0 Å². The average Bonchev–Trinajstić information content (AvgIpc) is 2.79. The molecule has 4 unspecified atom stereocenters. The molecule has 2 aliphatic rings. The molecule has 0 spiro atoms. The third-order valence-corrected chi connectivity index (χ3v) is 6.28. The average molecular weight is 303 g/mol. The first-order valence-electron chi connectivity index (χ1n) is 6.87. The van der Waals surface area contributed by atoms with Crippen LogP contribution >= 0.6 is 0 Å². The van der Waals surface area contributed by atoms with Gasteiger partial charge in [0.2, 0.25) is 5.91 Å². The molecule has 1 amide bonds. The van der Waals surface area contributed by atoms with E-state index in [0.717, 1.165) is 0 Å². The summed E-state index contributed by atoms with van der Waals surface area (Å²) in [5.74, 6) is -2.26. The number of carbonyl (C=O) groups excluding carboxylic acids is 1. The fourth-order valence-electron chi connectivity index (χ4n) is 3.35. The van der Waals surface area contributed by atoms with Crippen LogP contribution in [0.15, 0.2) is 0 Å². The van der Waals surface area contributed by atoms with Gasteiger partial charge in [0, 0.05) is 0 Å². The number of nitrogens with one attached hydrogen (secondary N) is 1. The lowest BCUT2D eigenvalue weighted by Gasteiger charge is -2.27. The summed E-state index contributed by atoms with van der Waals surface area (Å²) in [4.78, 5) is 23.5. The topological polar surface area (TPSA) is 101 Å². The van der Waals surface area contributed by atoms with Gasteiger partial charge in [0.05, 0.1) is 28.9 Å². The number of carboxylic acids is 1. The molecule has 114 valence electrons. The van der Waals surface area contributed by atoms with Crippen LogP contribution in [0.1, 0.15) is 33.1 Å². The molecular formula is C13H21NO5S. The lowest BCUT2D eigenvalue weighted by molar-refractivity contribution is -0.146. The molecule has 1 aliphatic heterocycles. The van der Waals surface area contributed by atoms with Gasteiger partial charge in [0.15, 0.2) is 9.84 Å². The van der Waals surface area contributed by atoms with Gasteiger partial charge in [0.1, 0.15) is 0 Å². The van der Waals surface area contributed by atoms with E-state index in [1.54, 1.807) is 6.92 Å². The van der Waals surface area contributed by atoms with Crippen molar-refractivity contribution >= 4 is 21.7 Å². The molecule has 0 aromatic heterocycles. The fraction of sp³-hybridized carbons (Fsp3) is 0.846. The second kappa shape index (κ2) is 5.02. The molecular weight excluding hydrogens is 282 g/mol. The Hall–Kier alpha value is -1.11. The van der Waals surface area contributed by atoms with E-state index in [-0.39, 0.29) is 23.3 Å². The highest BCUT2D eigenvalue weighted by atomic mass is 32.2. The van der Waals surface area contributed by atoms with Crippen LogP contribution in [0, 0.1) is 17.8 Å². The van der Waals surface area contributed by atoms with Crippen LogP contribution in [0.25, 0.3) is 0 Å². The minimum atomic E-state index is -3.09. The highest BCUT2D eigenvalue weighted by Gasteiger charge is 2.45. The van der Waals surface area contributed by atoms with E-state index in [1.165, 1.54) is 0 Å². The first-order chi connectivity index (χ1) is 9.12. The van der Waals surface area contributed by atoms with Crippen LogP contribution in [-0.2, 0) is 19.4 Å². The second-order valence-electron chi connectivity index (χ2n) is 6.52. The number of aliphatic carboxylic acids is 1. The van der Waals surface area contributed by atoms with Crippen molar-refractivity contribution in [1.29, 1.82) is 0 Å². The Bertz CT molecular complexity index is 529. The molecule has 2 rings (SSSR count). The molecule has 0 radical (unpaired) electrons. The van der Waals surface area contributed by atoms with Crippen molar-refractivity contribution in [3.05, 3.63) is 0 Å². The zero-order valence-electron chi connectivity index (χ0n) is 11.8. The maximum Gasteiger partial charge on any atom is 0.307 e. The Balaban J connectivity index is 2.07. The van der Waals surface area contributed by atoms with E-state index in [9.17, 15) is 23.1 Å². The smallest absolute Gasteiger partial charge is 0.307 e. The van der Waals surface area contributed by atoms with Crippen molar-refractivity contribution in [3.63, 3.8) is 0 Å². The van der Waals surface area contributed by atoms with Crippen molar-refractivity contribution < 1.29 is 23.1 Å². The lowest BCUT2D eigenvalue weighted by atomic mass is 9.93. The van der Waals surface area contributed by atoms with Gasteiger partial charge >= 0.3 is 5.97 Å². The van der Waals surface area contributed by atoms with E-state index in [4.69, 9.17) is 0 Å². The summed E-state index contributed by atoms with van der Waals surface area (Å²) in [6.45, 7) is 3.65. The van der Waals surface area contributed by atoms with Crippen LogP contribution in [0.5, 0.6) is 0 Å². The number of carbonyl (C=O) groups is 2. The second-order valence-corrected chi connectivity index (χ2v) is 8.70. The fourth-order valence-corrected chi connectivity index (χ4v) is 5.45. The number of rotatable bonds is 3. The zero-order chi connectivity index (χ0) is 15.1. The number of hydrogen-bond donors (Lipinski definition) is 2. The quantitative estimate of drug-likeness (QED) is 0.787. The van der Waals surface area contributed by atoms with Crippen molar-refractivity contribution in [1.82, 2.24) is 5.32 Å². The normalized spacial score (nSPS) is 39.6. The molecule has 7 heteroatoms. The summed E-state index contributed by atoms with van der Waals surface area (Å²) in [6, 6.07) is 0. The third-order valence-electron chi connectivity index (χ3n) is 4.38. The Morgan fingerprint density at radius 3 is 2.35 bits per heavy atom. The van der Waals surface area contributed by atoms with E-state index in [2.05, 4.69) is 5.32 Å². The Labute approximate surface area is 118 Å². The molecule has 4 atom stereocenters. The van der Waals surface area contributed by atoms with Gasteiger partial charge in [-0.05, 0) is 32.1 Å². The van der Waals surface area contributed by atoms with Gasteiger partial charge in [-0.1, -0.05) is 6.92 Å². The molecule has 1 saturated carbocycles. The molecule has 6 nitrogen and oxygen atoms in total. The summed E-state index contributed by atoms with van der Waals surface area (Å²) in [5.41, 5.74) is -0.759. The largest absolute Gasteiger partial charge is 0.481 e. The Morgan fingerprint density at radius 1 is 1.25 bits per heavy atom. The molecule has 20 heavy (non-hydrogen) atoms. The van der Waals surface area contributed by atoms with Gasteiger partial charge in [-0.25, -0.2) is 8.42 Å². The first kappa shape index (κ1) is 15.3. The summed E-state index contributed by atoms with van der Waals surface area (Å²) < 4.78 is 23.1. The Kier molecular flexibility index (Phi) is 3.83. The van der Waals surface area contributed by atoms with Crippen molar-refractivity contribution in [2.45, 2.75) is 38.6 Å². The summed E-state index contributed by atoms with van der Waals surface area (Å²) >= 11 is 0. The summed E-state index contributed by atoms with van der Waals surface area (Å²) in [7, 11) is -3.09. The number of amides is 1. The highest BCUT2D eigenvalue weighted by molar-refractivity contribution is 7.91. The number of sulfone groups is 1. The van der Waals surface area contributed by atoms with Crippen LogP contribution in [-0.4, -0.2) is 42.4 Å². The maximum atomic E-state index is 12.3.